The minimum absolute atomic E-state index is 0.0272. The van der Waals surface area contributed by atoms with Crippen molar-refractivity contribution in [3.8, 4) is 11.1 Å². The number of carbonyl (C=O) groups is 3. The monoisotopic (exact) mass is 465 g/mol. The Balaban J connectivity index is 1.24. The van der Waals surface area contributed by atoms with Crippen LogP contribution in [0.2, 0.25) is 0 Å². The SMILES string of the molecule is CC(ONC(=O)c1cn(CCNC(=O)OCC2c3ccccc3-c3ccccc32)nn1)C(=O)O. The molecule has 0 fully saturated rings. The van der Waals surface area contributed by atoms with E-state index in [4.69, 9.17) is 14.7 Å². The van der Waals surface area contributed by atoms with Gasteiger partial charge in [-0.25, -0.2) is 19.8 Å². The highest BCUT2D eigenvalue weighted by Crippen LogP contribution is 2.44. The molecule has 2 aromatic carbocycles. The van der Waals surface area contributed by atoms with Crippen molar-refractivity contribution in [2.24, 2.45) is 0 Å². The van der Waals surface area contributed by atoms with Crippen LogP contribution in [0.5, 0.6) is 0 Å². The Kier molecular flexibility index (Phi) is 6.83. The minimum atomic E-state index is -1.22. The number of benzene rings is 2. The van der Waals surface area contributed by atoms with Gasteiger partial charge in [-0.15, -0.1) is 5.10 Å². The Morgan fingerprint density at radius 2 is 1.74 bits per heavy atom. The fraction of sp³-hybridized carbons (Fsp3) is 0.261. The maximum Gasteiger partial charge on any atom is 0.407 e. The number of nitrogens with one attached hydrogen (secondary N) is 2. The van der Waals surface area contributed by atoms with Crippen LogP contribution in [-0.4, -0.2) is 57.3 Å². The van der Waals surface area contributed by atoms with Crippen LogP contribution in [0, 0.1) is 0 Å². The van der Waals surface area contributed by atoms with Gasteiger partial charge in [0.2, 0.25) is 0 Å². The van der Waals surface area contributed by atoms with E-state index >= 15 is 0 Å². The molecule has 1 heterocycles. The normalized spacial score (nSPS) is 13.0. The number of aromatic nitrogens is 3. The van der Waals surface area contributed by atoms with Crippen molar-refractivity contribution in [2.75, 3.05) is 13.2 Å². The molecule has 0 saturated heterocycles. The number of carboxylic acid groups (broad SMARTS) is 1. The van der Waals surface area contributed by atoms with E-state index in [1.165, 1.54) is 17.8 Å². The quantitative estimate of drug-likeness (QED) is 0.407. The number of carbonyl (C=O) groups excluding carboxylic acids is 2. The Bertz CT molecular complexity index is 1160. The Morgan fingerprint density at radius 3 is 2.38 bits per heavy atom. The topological polar surface area (TPSA) is 145 Å². The molecule has 2 amide bonds. The second-order valence-electron chi connectivity index (χ2n) is 7.65. The fourth-order valence-electron chi connectivity index (χ4n) is 3.68. The number of ether oxygens (including phenoxy) is 1. The zero-order valence-corrected chi connectivity index (χ0v) is 18.3. The van der Waals surface area contributed by atoms with Gasteiger partial charge in [-0.05, 0) is 29.2 Å². The number of hydrogen-bond acceptors (Lipinski definition) is 7. The molecule has 0 spiro atoms. The third kappa shape index (κ3) is 5.04. The lowest BCUT2D eigenvalue weighted by molar-refractivity contribution is -0.152. The summed E-state index contributed by atoms with van der Waals surface area (Å²) in [6.07, 6.45) is -0.416. The number of aliphatic carboxylic acids is 1. The van der Waals surface area contributed by atoms with E-state index < -0.39 is 24.1 Å². The number of rotatable bonds is 9. The van der Waals surface area contributed by atoms with E-state index in [9.17, 15) is 14.4 Å². The van der Waals surface area contributed by atoms with Crippen molar-refractivity contribution in [1.29, 1.82) is 0 Å². The van der Waals surface area contributed by atoms with Crippen LogP contribution < -0.4 is 10.8 Å². The maximum absolute atomic E-state index is 12.2. The standard InChI is InChI=1S/C23H23N5O6/c1-14(22(30)31)34-26-21(29)20-12-28(27-25-20)11-10-24-23(32)33-13-19-17-8-4-2-6-15(17)16-7-3-5-9-18(16)19/h2-9,12,14,19H,10-11,13H2,1H3,(H,24,32)(H,26,29)(H,30,31). The molecular formula is C23H23N5O6. The van der Waals surface area contributed by atoms with Crippen LogP contribution in [0.3, 0.4) is 0 Å². The van der Waals surface area contributed by atoms with Crippen molar-refractivity contribution in [2.45, 2.75) is 25.5 Å². The average molecular weight is 465 g/mol. The molecule has 176 valence electrons. The van der Waals surface area contributed by atoms with E-state index in [1.807, 2.05) is 41.9 Å². The van der Waals surface area contributed by atoms with Crippen molar-refractivity contribution in [3.63, 3.8) is 0 Å². The highest BCUT2D eigenvalue weighted by molar-refractivity contribution is 5.91. The predicted molar refractivity (Wildman–Crippen MR) is 119 cm³/mol. The van der Waals surface area contributed by atoms with E-state index in [1.54, 1.807) is 0 Å². The summed E-state index contributed by atoms with van der Waals surface area (Å²) < 4.78 is 6.83. The third-order valence-corrected chi connectivity index (χ3v) is 5.40. The predicted octanol–water partition coefficient (Wildman–Crippen LogP) is 1.95. The summed E-state index contributed by atoms with van der Waals surface area (Å²) in [5.41, 5.74) is 6.51. The third-order valence-electron chi connectivity index (χ3n) is 5.40. The second kappa shape index (κ2) is 10.1. The zero-order valence-electron chi connectivity index (χ0n) is 18.3. The van der Waals surface area contributed by atoms with Crippen LogP contribution in [-0.2, 0) is 20.9 Å². The van der Waals surface area contributed by atoms with Gasteiger partial charge >= 0.3 is 12.1 Å². The second-order valence-corrected chi connectivity index (χ2v) is 7.65. The number of carboxylic acids is 1. The van der Waals surface area contributed by atoms with E-state index in [0.717, 1.165) is 22.3 Å². The number of nitrogens with zero attached hydrogens (tertiary/aromatic N) is 3. The summed E-state index contributed by atoms with van der Waals surface area (Å²) in [6, 6.07) is 16.2. The van der Waals surface area contributed by atoms with Gasteiger partial charge in [0.05, 0.1) is 12.7 Å². The average Bonchev–Trinajstić information content (AvgIpc) is 3.44. The van der Waals surface area contributed by atoms with Crippen LogP contribution in [0.1, 0.15) is 34.5 Å². The minimum Gasteiger partial charge on any atom is -0.479 e. The highest BCUT2D eigenvalue weighted by Gasteiger charge is 2.29. The largest absolute Gasteiger partial charge is 0.479 e. The van der Waals surface area contributed by atoms with Crippen molar-refractivity contribution >= 4 is 18.0 Å². The Hall–Kier alpha value is -4.25. The zero-order chi connectivity index (χ0) is 24.1. The molecule has 0 radical (unpaired) electrons. The molecule has 0 aliphatic heterocycles. The lowest BCUT2D eigenvalue weighted by Gasteiger charge is -2.14. The molecule has 3 aromatic rings. The molecule has 4 rings (SSSR count). The molecule has 3 N–H and O–H groups in total. The van der Waals surface area contributed by atoms with E-state index in [2.05, 4.69) is 27.8 Å². The molecule has 34 heavy (non-hydrogen) atoms. The first-order valence-electron chi connectivity index (χ1n) is 10.6. The number of amides is 2. The van der Waals surface area contributed by atoms with E-state index in [-0.39, 0.29) is 31.3 Å². The van der Waals surface area contributed by atoms with Gasteiger partial charge in [0.15, 0.2) is 11.8 Å². The summed E-state index contributed by atoms with van der Waals surface area (Å²) in [7, 11) is 0. The Labute approximate surface area is 194 Å². The fourth-order valence-corrected chi connectivity index (χ4v) is 3.68. The Morgan fingerprint density at radius 1 is 1.09 bits per heavy atom. The number of fused-ring (bicyclic) bond motifs is 3. The van der Waals surface area contributed by atoms with Gasteiger partial charge in [-0.3, -0.25) is 9.63 Å². The molecule has 1 atom stereocenters. The number of hydrogen-bond donors (Lipinski definition) is 3. The molecule has 11 heteroatoms. The van der Waals surface area contributed by atoms with Crippen molar-refractivity contribution < 1.29 is 29.1 Å². The van der Waals surface area contributed by atoms with Crippen LogP contribution in [0.25, 0.3) is 11.1 Å². The summed E-state index contributed by atoms with van der Waals surface area (Å²) in [4.78, 5) is 39.6. The lowest BCUT2D eigenvalue weighted by atomic mass is 9.98. The molecule has 0 saturated carbocycles. The lowest BCUT2D eigenvalue weighted by Crippen LogP contribution is -2.32. The smallest absolute Gasteiger partial charge is 0.407 e. The summed E-state index contributed by atoms with van der Waals surface area (Å²) in [5, 5.41) is 18.9. The maximum atomic E-state index is 12.2. The van der Waals surface area contributed by atoms with Gasteiger partial charge in [-0.1, -0.05) is 53.7 Å². The first-order valence-corrected chi connectivity index (χ1v) is 10.6. The van der Waals surface area contributed by atoms with Gasteiger partial charge < -0.3 is 15.2 Å². The molecular weight excluding hydrogens is 442 g/mol. The van der Waals surface area contributed by atoms with Crippen LogP contribution >= 0.6 is 0 Å². The van der Waals surface area contributed by atoms with Crippen molar-refractivity contribution in [1.82, 2.24) is 25.8 Å². The van der Waals surface area contributed by atoms with Crippen LogP contribution in [0.4, 0.5) is 4.79 Å². The van der Waals surface area contributed by atoms with Gasteiger partial charge in [0, 0.05) is 12.5 Å². The molecule has 11 nitrogen and oxygen atoms in total. The molecule has 1 aromatic heterocycles. The van der Waals surface area contributed by atoms with Gasteiger partial charge in [0.25, 0.3) is 5.91 Å². The molecule has 1 unspecified atom stereocenters. The summed E-state index contributed by atoms with van der Waals surface area (Å²) in [6.45, 7) is 1.93. The first-order chi connectivity index (χ1) is 16.4. The number of alkyl carbamates (subject to hydrolysis) is 1. The number of hydroxylamine groups is 1. The molecule has 1 aliphatic carbocycles. The van der Waals surface area contributed by atoms with Gasteiger partial charge in [0.1, 0.15) is 6.61 Å². The molecule has 0 bridgehead atoms. The highest BCUT2D eigenvalue weighted by atomic mass is 16.7. The summed E-state index contributed by atoms with van der Waals surface area (Å²) >= 11 is 0. The van der Waals surface area contributed by atoms with E-state index in [0.29, 0.717) is 0 Å². The molecule has 1 aliphatic rings. The van der Waals surface area contributed by atoms with Gasteiger partial charge in [-0.2, -0.15) is 0 Å². The summed E-state index contributed by atoms with van der Waals surface area (Å²) in [5.74, 6) is -1.98. The van der Waals surface area contributed by atoms with Crippen LogP contribution in [0.15, 0.2) is 54.7 Å². The van der Waals surface area contributed by atoms with Crippen molar-refractivity contribution in [3.05, 3.63) is 71.5 Å². The first kappa shape index (κ1) is 22.9.